The first-order valence-corrected chi connectivity index (χ1v) is 9.27. The molecule has 1 saturated heterocycles. The van der Waals surface area contributed by atoms with E-state index in [4.69, 9.17) is 4.74 Å². The van der Waals surface area contributed by atoms with Crippen LogP contribution in [-0.4, -0.2) is 30.6 Å². The smallest absolute Gasteiger partial charge is 0.119 e. The van der Waals surface area contributed by atoms with E-state index in [1.165, 1.54) is 31.5 Å². The number of benzene rings is 2. The molecule has 1 heterocycles. The summed E-state index contributed by atoms with van der Waals surface area (Å²) in [6, 6.07) is 20.9. The number of rotatable bonds is 7. The molecule has 0 spiro atoms. The van der Waals surface area contributed by atoms with Gasteiger partial charge in [0.15, 0.2) is 0 Å². The van der Waals surface area contributed by atoms with Crippen molar-refractivity contribution in [2.45, 2.75) is 38.7 Å². The number of hydrogen-bond acceptors (Lipinski definition) is 2. The molecule has 3 rings (SSSR count). The van der Waals surface area contributed by atoms with E-state index >= 15 is 0 Å². The lowest BCUT2D eigenvalue weighted by atomic mass is 9.98. The highest BCUT2D eigenvalue weighted by Crippen LogP contribution is 2.19. The molecular weight excluding hydrogens is 294 g/mol. The highest BCUT2D eigenvalue weighted by molar-refractivity contribution is 5.22. The van der Waals surface area contributed by atoms with Crippen LogP contribution in [-0.2, 0) is 6.42 Å². The standard InChI is InChI=1S/C22H29NO/c1-19-12-15-23(16-13-19)17-14-22(18-20-8-4-2-5-9-20)24-21-10-6-3-7-11-21/h2-11,19,22H,12-18H2,1H3. The lowest BCUT2D eigenvalue weighted by molar-refractivity contribution is 0.140. The number of likely N-dealkylation sites (tertiary alicyclic amines) is 1. The fourth-order valence-electron chi connectivity index (χ4n) is 3.38. The second kappa shape index (κ2) is 8.89. The predicted molar refractivity (Wildman–Crippen MR) is 100 cm³/mol. The van der Waals surface area contributed by atoms with Gasteiger partial charge in [-0.1, -0.05) is 55.5 Å². The van der Waals surface area contributed by atoms with E-state index in [9.17, 15) is 0 Å². The molecule has 1 atom stereocenters. The van der Waals surface area contributed by atoms with Crippen LogP contribution in [0.1, 0.15) is 31.7 Å². The lowest BCUT2D eigenvalue weighted by Gasteiger charge is -2.31. The van der Waals surface area contributed by atoms with E-state index in [0.717, 1.165) is 31.1 Å². The average Bonchev–Trinajstić information content (AvgIpc) is 2.63. The number of ether oxygens (including phenoxy) is 1. The first-order chi connectivity index (χ1) is 11.8. The molecule has 24 heavy (non-hydrogen) atoms. The van der Waals surface area contributed by atoms with Gasteiger partial charge in [-0.2, -0.15) is 0 Å². The van der Waals surface area contributed by atoms with Gasteiger partial charge in [-0.25, -0.2) is 0 Å². The summed E-state index contributed by atoms with van der Waals surface area (Å²) in [5.41, 5.74) is 1.35. The molecule has 0 aliphatic carbocycles. The minimum absolute atomic E-state index is 0.231. The van der Waals surface area contributed by atoms with E-state index in [0.29, 0.717) is 0 Å². The maximum absolute atomic E-state index is 6.30. The Kier molecular flexibility index (Phi) is 6.31. The van der Waals surface area contributed by atoms with Crippen molar-refractivity contribution in [3.8, 4) is 5.75 Å². The minimum atomic E-state index is 0.231. The van der Waals surface area contributed by atoms with Crippen LogP contribution in [0.5, 0.6) is 5.75 Å². The molecule has 2 nitrogen and oxygen atoms in total. The summed E-state index contributed by atoms with van der Waals surface area (Å²) >= 11 is 0. The summed E-state index contributed by atoms with van der Waals surface area (Å²) in [6.07, 6.45) is 4.96. The summed E-state index contributed by atoms with van der Waals surface area (Å²) in [4.78, 5) is 2.60. The Morgan fingerprint density at radius 2 is 1.58 bits per heavy atom. The molecule has 128 valence electrons. The SMILES string of the molecule is CC1CCN(CCC(Cc2ccccc2)Oc2ccccc2)CC1. The summed E-state index contributed by atoms with van der Waals surface area (Å²) < 4.78 is 6.30. The van der Waals surface area contributed by atoms with Crippen LogP contribution in [0.15, 0.2) is 60.7 Å². The zero-order chi connectivity index (χ0) is 16.6. The van der Waals surface area contributed by atoms with Crippen LogP contribution in [0.25, 0.3) is 0 Å². The average molecular weight is 323 g/mol. The van der Waals surface area contributed by atoms with Crippen molar-refractivity contribution < 1.29 is 4.74 Å². The van der Waals surface area contributed by atoms with Crippen LogP contribution < -0.4 is 4.74 Å². The van der Waals surface area contributed by atoms with Crippen molar-refractivity contribution in [1.82, 2.24) is 4.90 Å². The third-order valence-corrected chi connectivity index (χ3v) is 5.00. The highest BCUT2D eigenvalue weighted by Gasteiger charge is 2.18. The zero-order valence-electron chi connectivity index (χ0n) is 14.7. The van der Waals surface area contributed by atoms with Crippen molar-refractivity contribution in [2.75, 3.05) is 19.6 Å². The Morgan fingerprint density at radius 3 is 2.25 bits per heavy atom. The Morgan fingerprint density at radius 1 is 0.958 bits per heavy atom. The Balaban J connectivity index is 1.58. The topological polar surface area (TPSA) is 12.5 Å². The largest absolute Gasteiger partial charge is 0.490 e. The predicted octanol–water partition coefficient (Wildman–Crippen LogP) is 4.80. The van der Waals surface area contributed by atoms with E-state index in [2.05, 4.69) is 54.3 Å². The number of nitrogens with zero attached hydrogens (tertiary/aromatic N) is 1. The second-order valence-corrected chi connectivity index (χ2v) is 7.06. The maximum atomic E-state index is 6.30. The van der Waals surface area contributed by atoms with Gasteiger partial charge in [-0.3, -0.25) is 0 Å². The van der Waals surface area contributed by atoms with Crippen LogP contribution in [0.2, 0.25) is 0 Å². The molecule has 0 saturated carbocycles. The van der Waals surface area contributed by atoms with Gasteiger partial charge in [0.2, 0.25) is 0 Å². The molecule has 1 aliphatic rings. The lowest BCUT2D eigenvalue weighted by Crippen LogP contribution is -2.36. The third kappa shape index (κ3) is 5.38. The molecule has 1 unspecified atom stereocenters. The molecular formula is C22H29NO. The van der Waals surface area contributed by atoms with Crippen molar-refractivity contribution in [3.05, 3.63) is 66.2 Å². The van der Waals surface area contributed by atoms with E-state index in [1.54, 1.807) is 0 Å². The molecule has 0 aromatic heterocycles. The van der Waals surface area contributed by atoms with Gasteiger partial charge < -0.3 is 9.64 Å². The van der Waals surface area contributed by atoms with E-state index in [1.807, 2.05) is 18.2 Å². The molecule has 0 radical (unpaired) electrons. The van der Waals surface area contributed by atoms with Crippen molar-refractivity contribution >= 4 is 0 Å². The van der Waals surface area contributed by atoms with Gasteiger partial charge in [0.05, 0.1) is 0 Å². The second-order valence-electron chi connectivity index (χ2n) is 7.06. The van der Waals surface area contributed by atoms with Crippen LogP contribution in [0.4, 0.5) is 0 Å². The maximum Gasteiger partial charge on any atom is 0.119 e. The summed E-state index contributed by atoms with van der Waals surface area (Å²) in [5.74, 6) is 1.87. The normalized spacial score (nSPS) is 17.5. The Hall–Kier alpha value is -1.80. The number of piperidine rings is 1. The molecule has 0 N–H and O–H groups in total. The highest BCUT2D eigenvalue weighted by atomic mass is 16.5. The fourth-order valence-corrected chi connectivity index (χ4v) is 3.38. The van der Waals surface area contributed by atoms with Crippen LogP contribution >= 0.6 is 0 Å². The number of para-hydroxylation sites is 1. The van der Waals surface area contributed by atoms with Crippen molar-refractivity contribution in [1.29, 1.82) is 0 Å². The van der Waals surface area contributed by atoms with Gasteiger partial charge in [0, 0.05) is 13.0 Å². The molecule has 0 amide bonds. The summed E-state index contributed by atoms with van der Waals surface area (Å²) in [5, 5.41) is 0. The molecule has 2 aromatic rings. The minimum Gasteiger partial charge on any atom is -0.490 e. The summed E-state index contributed by atoms with van der Waals surface area (Å²) in [7, 11) is 0. The molecule has 2 heteroatoms. The van der Waals surface area contributed by atoms with Gasteiger partial charge in [-0.15, -0.1) is 0 Å². The van der Waals surface area contributed by atoms with Gasteiger partial charge >= 0.3 is 0 Å². The fraction of sp³-hybridized carbons (Fsp3) is 0.455. The van der Waals surface area contributed by atoms with E-state index < -0.39 is 0 Å². The molecule has 2 aromatic carbocycles. The monoisotopic (exact) mass is 323 g/mol. The van der Waals surface area contributed by atoms with Crippen molar-refractivity contribution in [3.63, 3.8) is 0 Å². The van der Waals surface area contributed by atoms with Gasteiger partial charge in [0.25, 0.3) is 0 Å². The molecule has 1 fully saturated rings. The Bertz CT molecular complexity index is 534. The Labute approximate surface area is 146 Å². The van der Waals surface area contributed by atoms with Crippen molar-refractivity contribution in [2.24, 2.45) is 5.92 Å². The first-order valence-electron chi connectivity index (χ1n) is 9.27. The van der Waals surface area contributed by atoms with Crippen LogP contribution in [0.3, 0.4) is 0 Å². The third-order valence-electron chi connectivity index (χ3n) is 5.00. The van der Waals surface area contributed by atoms with Gasteiger partial charge in [-0.05, 0) is 56.0 Å². The van der Waals surface area contributed by atoms with Crippen LogP contribution in [0, 0.1) is 5.92 Å². The summed E-state index contributed by atoms with van der Waals surface area (Å²) in [6.45, 7) is 5.99. The van der Waals surface area contributed by atoms with Gasteiger partial charge in [0.1, 0.15) is 11.9 Å². The molecule has 1 aliphatic heterocycles. The molecule has 0 bridgehead atoms. The zero-order valence-corrected chi connectivity index (χ0v) is 14.7. The number of hydrogen-bond donors (Lipinski definition) is 0. The first kappa shape index (κ1) is 17.0. The quantitative estimate of drug-likeness (QED) is 0.726. The van der Waals surface area contributed by atoms with E-state index in [-0.39, 0.29) is 6.10 Å².